The summed E-state index contributed by atoms with van der Waals surface area (Å²) >= 11 is 0. The van der Waals surface area contributed by atoms with E-state index in [-0.39, 0.29) is 30.2 Å². The van der Waals surface area contributed by atoms with Gasteiger partial charge in [0.25, 0.3) is 0 Å². The normalized spacial score (nSPS) is 21.3. The number of nitrogens with zero attached hydrogens (tertiary/aromatic N) is 2. The van der Waals surface area contributed by atoms with Crippen molar-refractivity contribution in [2.45, 2.75) is 6.54 Å². The number of fused-ring (bicyclic) bond motifs is 1. The van der Waals surface area contributed by atoms with Crippen LogP contribution in [-0.4, -0.2) is 54.3 Å². The molecule has 150 valence electrons. The number of likely N-dealkylation sites (tertiary alicyclic amines) is 2. The molecule has 0 aliphatic carbocycles. The number of anilines is 1. The molecular formula is C22H23N3O4. The van der Waals surface area contributed by atoms with Crippen LogP contribution in [0.4, 0.5) is 5.69 Å². The van der Waals surface area contributed by atoms with Gasteiger partial charge in [-0.3, -0.25) is 24.2 Å². The summed E-state index contributed by atoms with van der Waals surface area (Å²) in [5, 5.41) is 2.72. The molecule has 1 N–H and O–H groups in total. The molecule has 2 aromatic rings. The Morgan fingerprint density at radius 2 is 1.62 bits per heavy atom. The molecule has 2 aromatic carbocycles. The molecule has 2 fully saturated rings. The number of benzene rings is 2. The van der Waals surface area contributed by atoms with Crippen molar-refractivity contribution in [1.29, 1.82) is 0 Å². The molecule has 2 atom stereocenters. The zero-order valence-electron chi connectivity index (χ0n) is 16.2. The van der Waals surface area contributed by atoms with E-state index in [1.165, 1.54) is 0 Å². The summed E-state index contributed by atoms with van der Waals surface area (Å²) in [6, 6.07) is 16.9. The van der Waals surface area contributed by atoms with Crippen molar-refractivity contribution in [2.75, 3.05) is 32.1 Å². The monoisotopic (exact) mass is 393 g/mol. The summed E-state index contributed by atoms with van der Waals surface area (Å²) in [4.78, 5) is 41.1. The van der Waals surface area contributed by atoms with Crippen LogP contribution < -0.4 is 10.1 Å². The van der Waals surface area contributed by atoms with E-state index in [1.807, 2.05) is 30.3 Å². The van der Waals surface area contributed by atoms with Gasteiger partial charge in [0.2, 0.25) is 17.7 Å². The van der Waals surface area contributed by atoms with Gasteiger partial charge in [-0.05, 0) is 29.8 Å². The van der Waals surface area contributed by atoms with Gasteiger partial charge in [0.05, 0.1) is 18.9 Å². The standard InChI is InChI=1S/C22H23N3O4/c1-29-17-9-7-16(8-10-17)23-20(26)14-25-21(27)18-12-24(13-19(18)22(25)28)11-15-5-3-2-4-6-15/h2-10,18-19H,11-14H2,1H3,(H,23,26)/t18-,19+. The SMILES string of the molecule is COc1ccc(NC(=O)CN2C(=O)[C@H]3CN(Cc4ccccc4)C[C@H]3C2=O)cc1. The average Bonchev–Trinajstić information content (AvgIpc) is 3.24. The topological polar surface area (TPSA) is 79.0 Å². The van der Waals surface area contributed by atoms with Crippen LogP contribution in [0.2, 0.25) is 0 Å². The minimum atomic E-state index is -0.391. The van der Waals surface area contributed by atoms with Crippen molar-refractivity contribution in [2.24, 2.45) is 11.8 Å². The molecule has 29 heavy (non-hydrogen) atoms. The Bertz CT molecular complexity index is 889. The summed E-state index contributed by atoms with van der Waals surface area (Å²) < 4.78 is 5.08. The average molecular weight is 393 g/mol. The van der Waals surface area contributed by atoms with Gasteiger partial charge in [0.1, 0.15) is 12.3 Å². The highest BCUT2D eigenvalue weighted by molar-refractivity contribution is 6.09. The number of methoxy groups -OCH3 is 1. The van der Waals surface area contributed by atoms with E-state index in [0.717, 1.165) is 10.5 Å². The molecule has 2 aliphatic rings. The Balaban J connectivity index is 1.34. The number of amides is 3. The van der Waals surface area contributed by atoms with Gasteiger partial charge in [0, 0.05) is 25.3 Å². The van der Waals surface area contributed by atoms with Crippen molar-refractivity contribution in [3.63, 3.8) is 0 Å². The molecule has 4 rings (SSSR count). The van der Waals surface area contributed by atoms with Gasteiger partial charge in [-0.25, -0.2) is 0 Å². The van der Waals surface area contributed by atoms with Crippen LogP contribution in [0.1, 0.15) is 5.56 Å². The van der Waals surface area contributed by atoms with Crippen molar-refractivity contribution in [3.8, 4) is 5.75 Å². The predicted octanol–water partition coefficient (Wildman–Crippen LogP) is 1.75. The van der Waals surface area contributed by atoms with E-state index in [0.29, 0.717) is 31.1 Å². The van der Waals surface area contributed by atoms with E-state index in [9.17, 15) is 14.4 Å². The quantitative estimate of drug-likeness (QED) is 0.757. The summed E-state index contributed by atoms with van der Waals surface area (Å²) in [5.74, 6) is -0.931. The first-order chi connectivity index (χ1) is 14.0. The molecule has 0 bridgehead atoms. The summed E-state index contributed by atoms with van der Waals surface area (Å²) in [6.07, 6.45) is 0. The van der Waals surface area contributed by atoms with E-state index in [2.05, 4.69) is 10.2 Å². The van der Waals surface area contributed by atoms with Crippen molar-refractivity contribution < 1.29 is 19.1 Å². The predicted molar refractivity (Wildman–Crippen MR) is 107 cm³/mol. The van der Waals surface area contributed by atoms with Crippen LogP contribution in [0.25, 0.3) is 0 Å². The lowest BCUT2D eigenvalue weighted by Gasteiger charge is -2.20. The van der Waals surface area contributed by atoms with Crippen LogP contribution in [0.5, 0.6) is 5.75 Å². The van der Waals surface area contributed by atoms with Crippen LogP contribution in [-0.2, 0) is 20.9 Å². The largest absolute Gasteiger partial charge is 0.497 e. The molecule has 0 spiro atoms. The third-order valence-corrected chi connectivity index (χ3v) is 5.49. The number of carbonyl (C=O) groups excluding carboxylic acids is 3. The first-order valence-electron chi connectivity index (χ1n) is 9.60. The molecule has 0 radical (unpaired) electrons. The van der Waals surface area contributed by atoms with Gasteiger partial charge in [0.15, 0.2) is 0 Å². The Hall–Kier alpha value is -3.19. The number of nitrogens with one attached hydrogen (secondary N) is 1. The summed E-state index contributed by atoms with van der Waals surface area (Å²) in [5.41, 5.74) is 1.74. The Labute approximate surface area is 169 Å². The molecule has 2 saturated heterocycles. The molecule has 2 heterocycles. The number of hydrogen-bond acceptors (Lipinski definition) is 5. The molecule has 7 nitrogen and oxygen atoms in total. The fraction of sp³-hybridized carbons (Fsp3) is 0.318. The lowest BCUT2D eigenvalue weighted by Crippen LogP contribution is -2.40. The highest BCUT2D eigenvalue weighted by Gasteiger charge is 2.52. The zero-order valence-corrected chi connectivity index (χ0v) is 16.2. The van der Waals surface area contributed by atoms with Gasteiger partial charge in [-0.1, -0.05) is 30.3 Å². The molecule has 3 amide bonds. The Kier molecular flexibility index (Phi) is 5.31. The lowest BCUT2D eigenvalue weighted by atomic mass is 10.00. The number of carbonyl (C=O) groups is 3. The Morgan fingerprint density at radius 3 is 2.21 bits per heavy atom. The minimum absolute atomic E-state index is 0.250. The summed E-state index contributed by atoms with van der Waals surface area (Å²) in [7, 11) is 1.57. The molecular weight excluding hydrogens is 370 g/mol. The van der Waals surface area contributed by atoms with E-state index < -0.39 is 5.91 Å². The number of ether oxygens (including phenoxy) is 1. The number of imide groups is 1. The van der Waals surface area contributed by atoms with Crippen molar-refractivity contribution >= 4 is 23.4 Å². The fourth-order valence-corrected chi connectivity index (χ4v) is 4.04. The molecule has 0 aromatic heterocycles. The first kappa shape index (κ1) is 19.1. The van der Waals surface area contributed by atoms with E-state index in [4.69, 9.17) is 4.74 Å². The number of hydrogen-bond donors (Lipinski definition) is 1. The van der Waals surface area contributed by atoms with Gasteiger partial charge in [-0.15, -0.1) is 0 Å². The molecule has 2 aliphatic heterocycles. The molecule has 0 saturated carbocycles. The third kappa shape index (κ3) is 4.00. The van der Waals surface area contributed by atoms with Crippen molar-refractivity contribution in [3.05, 3.63) is 60.2 Å². The maximum Gasteiger partial charge on any atom is 0.244 e. The minimum Gasteiger partial charge on any atom is -0.497 e. The van der Waals surface area contributed by atoms with Crippen LogP contribution in [0.15, 0.2) is 54.6 Å². The van der Waals surface area contributed by atoms with E-state index >= 15 is 0 Å². The van der Waals surface area contributed by atoms with Crippen LogP contribution >= 0.6 is 0 Å². The summed E-state index contributed by atoms with van der Waals surface area (Å²) in [6.45, 7) is 1.54. The van der Waals surface area contributed by atoms with Gasteiger partial charge >= 0.3 is 0 Å². The zero-order chi connectivity index (χ0) is 20.4. The molecule has 7 heteroatoms. The Morgan fingerprint density at radius 1 is 1.00 bits per heavy atom. The van der Waals surface area contributed by atoms with Gasteiger partial charge < -0.3 is 10.1 Å². The second-order valence-corrected chi connectivity index (χ2v) is 7.43. The highest BCUT2D eigenvalue weighted by atomic mass is 16.5. The van der Waals surface area contributed by atoms with Gasteiger partial charge in [-0.2, -0.15) is 0 Å². The second kappa shape index (κ2) is 8.05. The van der Waals surface area contributed by atoms with Crippen LogP contribution in [0, 0.1) is 11.8 Å². The maximum atomic E-state index is 12.7. The number of rotatable bonds is 6. The lowest BCUT2D eigenvalue weighted by molar-refractivity contribution is -0.143. The molecule has 0 unspecified atom stereocenters. The highest BCUT2D eigenvalue weighted by Crippen LogP contribution is 2.34. The van der Waals surface area contributed by atoms with Crippen molar-refractivity contribution in [1.82, 2.24) is 9.80 Å². The maximum absolute atomic E-state index is 12.7. The van der Waals surface area contributed by atoms with Crippen LogP contribution in [0.3, 0.4) is 0 Å². The fourth-order valence-electron chi connectivity index (χ4n) is 4.04. The third-order valence-electron chi connectivity index (χ3n) is 5.49. The smallest absolute Gasteiger partial charge is 0.244 e. The second-order valence-electron chi connectivity index (χ2n) is 7.43. The van der Waals surface area contributed by atoms with E-state index in [1.54, 1.807) is 31.4 Å². The first-order valence-corrected chi connectivity index (χ1v) is 9.60.